The lowest BCUT2D eigenvalue weighted by atomic mass is 9.99. The largest absolute Gasteiger partial charge is 0.447 e. The van der Waals surface area contributed by atoms with Gasteiger partial charge in [0.1, 0.15) is 12.3 Å². The second-order valence-corrected chi connectivity index (χ2v) is 11.2. The summed E-state index contributed by atoms with van der Waals surface area (Å²) < 4.78 is 47.9. The van der Waals surface area contributed by atoms with E-state index < -0.39 is 23.5 Å². The maximum absolute atomic E-state index is 13.7. The van der Waals surface area contributed by atoms with Crippen molar-refractivity contribution in [1.82, 2.24) is 19.4 Å². The summed E-state index contributed by atoms with van der Waals surface area (Å²) in [7, 11) is 0. The van der Waals surface area contributed by atoms with Gasteiger partial charge in [0.2, 0.25) is 0 Å². The SMILES string of the molecule is C[C@H](N)CCCc1cc(-c2cc3cn(-c4ccc([C@H]5COC(=O)N5CCCN=C(N)N)cc4)c(=O)nc3[nH]2)cc(C(F)(F)F)c1. The Labute approximate surface area is 256 Å². The Hall–Kier alpha value is -4.85. The molecule has 238 valence electrons. The number of ether oxygens (including phenoxy) is 1. The molecule has 0 aliphatic carbocycles. The minimum absolute atomic E-state index is 0.0153. The maximum Gasteiger partial charge on any atom is 0.416 e. The number of aromatic nitrogens is 3. The first-order valence-corrected chi connectivity index (χ1v) is 14.6. The predicted molar refractivity (Wildman–Crippen MR) is 165 cm³/mol. The molecule has 5 rings (SSSR count). The van der Waals surface area contributed by atoms with Crippen molar-refractivity contribution < 1.29 is 22.7 Å². The molecular weight excluding hydrogens is 589 g/mol. The van der Waals surface area contributed by atoms with E-state index in [-0.39, 0.29) is 30.3 Å². The molecule has 0 bridgehead atoms. The van der Waals surface area contributed by atoms with Gasteiger partial charge < -0.3 is 26.9 Å². The molecule has 2 atom stereocenters. The van der Waals surface area contributed by atoms with Crippen molar-refractivity contribution >= 4 is 23.1 Å². The Bertz CT molecular complexity index is 1760. The van der Waals surface area contributed by atoms with E-state index in [2.05, 4.69) is 15.0 Å². The van der Waals surface area contributed by atoms with Crippen molar-refractivity contribution in [2.75, 3.05) is 19.7 Å². The highest BCUT2D eigenvalue weighted by molar-refractivity contribution is 5.83. The Balaban J connectivity index is 1.39. The van der Waals surface area contributed by atoms with Crippen LogP contribution < -0.4 is 22.9 Å². The molecule has 1 aliphatic heterocycles. The number of halogens is 3. The van der Waals surface area contributed by atoms with E-state index in [0.29, 0.717) is 66.7 Å². The average molecular weight is 625 g/mol. The van der Waals surface area contributed by atoms with E-state index in [1.165, 1.54) is 10.6 Å². The van der Waals surface area contributed by atoms with Crippen LogP contribution in [0.2, 0.25) is 0 Å². The van der Waals surface area contributed by atoms with Crippen LogP contribution in [0.15, 0.2) is 64.5 Å². The van der Waals surface area contributed by atoms with Crippen LogP contribution in [0.5, 0.6) is 0 Å². The number of aromatic amines is 1. The molecule has 0 saturated carbocycles. The monoisotopic (exact) mass is 624 g/mol. The first-order chi connectivity index (χ1) is 21.4. The number of nitrogens with zero attached hydrogens (tertiary/aromatic N) is 4. The zero-order valence-corrected chi connectivity index (χ0v) is 24.7. The fraction of sp³-hybridized carbons (Fsp3) is 0.355. The number of fused-ring (bicyclic) bond motifs is 1. The summed E-state index contributed by atoms with van der Waals surface area (Å²) in [5.74, 6) is -0.0153. The van der Waals surface area contributed by atoms with E-state index in [0.717, 1.165) is 11.6 Å². The number of amides is 1. The Morgan fingerprint density at radius 1 is 1.13 bits per heavy atom. The van der Waals surface area contributed by atoms with Crippen LogP contribution in [0.1, 0.15) is 48.9 Å². The molecule has 1 saturated heterocycles. The molecular formula is C31H35F3N8O3. The normalized spacial score (nSPS) is 15.8. The molecule has 14 heteroatoms. The Kier molecular flexibility index (Phi) is 9.14. The van der Waals surface area contributed by atoms with Gasteiger partial charge in [0.15, 0.2) is 5.96 Å². The summed E-state index contributed by atoms with van der Waals surface area (Å²) in [6, 6.07) is 12.4. The molecule has 2 aromatic heterocycles. The van der Waals surface area contributed by atoms with Gasteiger partial charge in [-0.3, -0.25) is 14.5 Å². The van der Waals surface area contributed by atoms with Gasteiger partial charge in [-0.1, -0.05) is 12.1 Å². The molecule has 1 amide bonds. The molecule has 3 heterocycles. The van der Waals surface area contributed by atoms with Gasteiger partial charge in [-0.2, -0.15) is 18.2 Å². The molecule has 0 unspecified atom stereocenters. The van der Waals surface area contributed by atoms with E-state index in [1.54, 1.807) is 47.5 Å². The standard InChI is InChI=1S/C31H35F3N8O3/c1-18(35)4-2-5-19-12-21(14-23(13-19)31(32,33)34)25-15-22-16-42(29(43)40-27(22)39-25)24-8-6-20(7-9-24)26-17-45-30(44)41(26)11-3-10-38-28(36)37/h6-9,12-16,18,26H,2-5,10-11,17,35H2,1H3,(H4,36,37,38)(H,39,40,43)/t18-,26+/m0/s1. The minimum atomic E-state index is -4.52. The lowest BCUT2D eigenvalue weighted by Gasteiger charge is -2.21. The van der Waals surface area contributed by atoms with Crippen LogP contribution in [-0.4, -0.2) is 57.2 Å². The highest BCUT2D eigenvalue weighted by Gasteiger charge is 2.34. The summed E-state index contributed by atoms with van der Waals surface area (Å²) in [4.78, 5) is 38.0. The van der Waals surface area contributed by atoms with Crippen molar-refractivity contribution in [3.05, 3.63) is 81.9 Å². The quantitative estimate of drug-likeness (QED) is 0.110. The third kappa shape index (κ3) is 7.45. The topological polar surface area (TPSA) is 171 Å². The van der Waals surface area contributed by atoms with Gasteiger partial charge in [-0.05, 0) is 85.7 Å². The van der Waals surface area contributed by atoms with Gasteiger partial charge in [0.25, 0.3) is 0 Å². The highest BCUT2D eigenvalue weighted by Crippen LogP contribution is 2.34. The number of hydrogen-bond acceptors (Lipinski definition) is 6. The van der Waals surface area contributed by atoms with Crippen LogP contribution in [0.25, 0.3) is 28.0 Å². The predicted octanol–water partition coefficient (Wildman–Crippen LogP) is 4.23. The number of H-pyrrole nitrogens is 1. The molecule has 0 radical (unpaired) electrons. The van der Waals surface area contributed by atoms with Crippen LogP contribution in [0, 0.1) is 0 Å². The maximum atomic E-state index is 13.7. The third-order valence-corrected chi connectivity index (χ3v) is 7.65. The van der Waals surface area contributed by atoms with Crippen molar-refractivity contribution in [2.24, 2.45) is 22.2 Å². The first-order valence-electron chi connectivity index (χ1n) is 14.6. The number of guanidine groups is 1. The molecule has 2 aromatic carbocycles. The number of aryl methyl sites for hydroxylation is 1. The molecule has 11 nitrogen and oxygen atoms in total. The number of cyclic esters (lactones) is 1. The third-order valence-electron chi connectivity index (χ3n) is 7.65. The molecule has 1 aliphatic rings. The van der Waals surface area contributed by atoms with Gasteiger partial charge >= 0.3 is 18.0 Å². The molecule has 1 fully saturated rings. The van der Waals surface area contributed by atoms with Crippen LogP contribution in [0.3, 0.4) is 0 Å². The summed E-state index contributed by atoms with van der Waals surface area (Å²) >= 11 is 0. The minimum Gasteiger partial charge on any atom is -0.447 e. The van der Waals surface area contributed by atoms with Crippen molar-refractivity contribution in [3.8, 4) is 16.9 Å². The van der Waals surface area contributed by atoms with Gasteiger partial charge in [-0.15, -0.1) is 0 Å². The van der Waals surface area contributed by atoms with Crippen LogP contribution >= 0.6 is 0 Å². The number of benzene rings is 2. The molecule has 4 aromatic rings. The van der Waals surface area contributed by atoms with Crippen LogP contribution in [-0.2, 0) is 17.3 Å². The van der Waals surface area contributed by atoms with E-state index in [1.807, 2.05) is 6.92 Å². The zero-order valence-electron chi connectivity index (χ0n) is 24.7. The average Bonchev–Trinajstić information content (AvgIpc) is 3.57. The first kappa shape index (κ1) is 31.6. The summed E-state index contributed by atoms with van der Waals surface area (Å²) in [6.45, 7) is 2.82. The lowest BCUT2D eigenvalue weighted by Crippen LogP contribution is -2.29. The summed E-state index contributed by atoms with van der Waals surface area (Å²) in [5.41, 5.74) is 18.1. The van der Waals surface area contributed by atoms with Crippen molar-refractivity contribution in [3.63, 3.8) is 0 Å². The van der Waals surface area contributed by atoms with Gasteiger partial charge in [-0.25, -0.2) is 9.59 Å². The highest BCUT2D eigenvalue weighted by atomic mass is 19.4. The Morgan fingerprint density at radius 3 is 2.58 bits per heavy atom. The fourth-order valence-electron chi connectivity index (χ4n) is 5.40. The van der Waals surface area contributed by atoms with Crippen LogP contribution in [0.4, 0.5) is 18.0 Å². The number of aliphatic imine (C=N–C) groups is 1. The number of hydrogen-bond donors (Lipinski definition) is 4. The molecule has 45 heavy (non-hydrogen) atoms. The van der Waals surface area contributed by atoms with E-state index >= 15 is 0 Å². The number of carbonyl (C=O) groups excluding carboxylic acids is 1. The molecule has 7 N–H and O–H groups in total. The lowest BCUT2D eigenvalue weighted by molar-refractivity contribution is -0.137. The number of alkyl halides is 3. The van der Waals surface area contributed by atoms with Gasteiger partial charge in [0.05, 0.1) is 17.3 Å². The second-order valence-electron chi connectivity index (χ2n) is 11.2. The number of rotatable bonds is 11. The molecule has 0 spiro atoms. The number of nitrogens with one attached hydrogen (secondary N) is 1. The summed E-state index contributed by atoms with van der Waals surface area (Å²) in [6.07, 6.45) is -0.996. The number of nitrogens with two attached hydrogens (primary N) is 3. The Morgan fingerprint density at radius 2 is 1.89 bits per heavy atom. The van der Waals surface area contributed by atoms with Gasteiger partial charge in [0, 0.05) is 36.4 Å². The van der Waals surface area contributed by atoms with E-state index in [9.17, 15) is 22.8 Å². The fourth-order valence-corrected chi connectivity index (χ4v) is 5.40. The second kappa shape index (κ2) is 13.0. The zero-order chi connectivity index (χ0) is 32.3. The summed E-state index contributed by atoms with van der Waals surface area (Å²) in [5, 5.41) is 0.548. The number of carbonyl (C=O) groups is 1. The van der Waals surface area contributed by atoms with Crippen molar-refractivity contribution in [2.45, 2.75) is 50.9 Å². The smallest absolute Gasteiger partial charge is 0.416 e. The van der Waals surface area contributed by atoms with Crippen molar-refractivity contribution in [1.29, 1.82) is 0 Å². The van der Waals surface area contributed by atoms with E-state index in [4.69, 9.17) is 21.9 Å².